The maximum Gasteiger partial charge on any atom is 0.253 e. The average Bonchev–Trinajstić information content (AvgIpc) is 2.85. The van der Waals surface area contributed by atoms with Crippen molar-refractivity contribution >= 4 is 27.3 Å². The zero-order chi connectivity index (χ0) is 14.8. The number of carbonyl (C=O) groups excluding carboxylic acids is 1. The molecule has 2 aromatic heterocycles. The van der Waals surface area contributed by atoms with E-state index < -0.39 is 10.0 Å². The van der Waals surface area contributed by atoms with Crippen molar-refractivity contribution in [3.63, 3.8) is 0 Å². The molecule has 2 heterocycles. The minimum absolute atomic E-state index is 0.0822. The third kappa shape index (κ3) is 3.62. The number of hydrogen-bond acceptors (Lipinski definition) is 5. The van der Waals surface area contributed by atoms with Crippen LogP contribution in [0.4, 0.5) is 0 Å². The Morgan fingerprint density at radius 1 is 1.35 bits per heavy atom. The fourth-order valence-electron chi connectivity index (χ4n) is 1.48. The van der Waals surface area contributed by atoms with Gasteiger partial charge in [-0.2, -0.15) is 0 Å². The monoisotopic (exact) mass is 311 g/mol. The van der Waals surface area contributed by atoms with E-state index in [0.29, 0.717) is 10.4 Å². The zero-order valence-electron chi connectivity index (χ0n) is 10.7. The first-order valence-electron chi connectivity index (χ1n) is 5.68. The molecule has 20 heavy (non-hydrogen) atoms. The highest BCUT2D eigenvalue weighted by atomic mass is 32.2. The number of thiophene rings is 1. The molecule has 3 N–H and O–H groups in total. The molecule has 106 valence electrons. The van der Waals surface area contributed by atoms with Gasteiger partial charge < -0.3 is 5.32 Å². The number of nitrogens with one attached hydrogen (secondary N) is 1. The average molecular weight is 311 g/mol. The van der Waals surface area contributed by atoms with Crippen LogP contribution in [0.25, 0.3) is 0 Å². The van der Waals surface area contributed by atoms with Gasteiger partial charge in [-0.05, 0) is 31.2 Å². The number of nitrogens with two attached hydrogens (primary N) is 1. The maximum absolute atomic E-state index is 11.8. The number of hydrogen-bond donors (Lipinski definition) is 2. The summed E-state index contributed by atoms with van der Waals surface area (Å²) in [5, 5.41) is 7.71. The molecule has 0 unspecified atom stereocenters. The van der Waals surface area contributed by atoms with Crippen LogP contribution in [-0.4, -0.2) is 19.3 Å². The fraction of sp³-hybridized carbons (Fsp3) is 0.167. The van der Waals surface area contributed by atoms with E-state index in [1.165, 1.54) is 12.3 Å². The van der Waals surface area contributed by atoms with Gasteiger partial charge in [0.15, 0.2) is 0 Å². The molecule has 0 aliphatic rings. The van der Waals surface area contributed by atoms with E-state index in [1.54, 1.807) is 18.2 Å². The maximum atomic E-state index is 11.8. The molecule has 2 rings (SSSR count). The summed E-state index contributed by atoms with van der Waals surface area (Å²) in [5.74, 6) is -0.261. The van der Waals surface area contributed by atoms with E-state index in [-0.39, 0.29) is 16.7 Å². The van der Waals surface area contributed by atoms with Crippen LogP contribution in [0, 0.1) is 6.92 Å². The smallest absolute Gasteiger partial charge is 0.253 e. The highest BCUT2D eigenvalue weighted by Crippen LogP contribution is 2.20. The molecule has 8 heteroatoms. The highest BCUT2D eigenvalue weighted by Gasteiger charge is 2.12. The number of sulfonamides is 1. The molecule has 0 bridgehead atoms. The Morgan fingerprint density at radius 3 is 2.65 bits per heavy atom. The first kappa shape index (κ1) is 14.6. The van der Waals surface area contributed by atoms with Gasteiger partial charge >= 0.3 is 0 Å². The van der Waals surface area contributed by atoms with Gasteiger partial charge in [0.1, 0.15) is 4.21 Å². The molecule has 0 aromatic carbocycles. The molecule has 6 nitrogen and oxygen atoms in total. The van der Waals surface area contributed by atoms with Gasteiger partial charge in [-0.1, -0.05) is 0 Å². The molecule has 0 saturated carbocycles. The summed E-state index contributed by atoms with van der Waals surface area (Å²) in [4.78, 5) is 16.6. The Kier molecular flexibility index (Phi) is 4.17. The first-order valence-corrected chi connectivity index (χ1v) is 8.05. The number of rotatable bonds is 4. The van der Waals surface area contributed by atoms with Gasteiger partial charge in [0.2, 0.25) is 10.0 Å². The van der Waals surface area contributed by atoms with Crippen LogP contribution in [0.3, 0.4) is 0 Å². The SMILES string of the molecule is Cc1ccc(C(=O)NCc2ccc(S(N)(=O)=O)s2)cn1. The van der Waals surface area contributed by atoms with Crippen LogP contribution in [-0.2, 0) is 16.6 Å². The van der Waals surface area contributed by atoms with Crippen LogP contribution in [0.5, 0.6) is 0 Å². The summed E-state index contributed by atoms with van der Waals surface area (Å²) < 4.78 is 22.3. The second kappa shape index (κ2) is 5.70. The molecule has 0 saturated heterocycles. The van der Waals surface area contributed by atoms with Crippen LogP contribution in [0.1, 0.15) is 20.9 Å². The quantitative estimate of drug-likeness (QED) is 0.880. The van der Waals surface area contributed by atoms with Gasteiger partial charge in [0.05, 0.1) is 12.1 Å². The Bertz CT molecular complexity index is 721. The number of nitrogens with zero attached hydrogens (tertiary/aromatic N) is 1. The van der Waals surface area contributed by atoms with Crippen LogP contribution in [0.2, 0.25) is 0 Å². The molecule has 0 aliphatic carbocycles. The largest absolute Gasteiger partial charge is 0.347 e. The van der Waals surface area contributed by atoms with Crippen LogP contribution in [0.15, 0.2) is 34.7 Å². The summed E-state index contributed by atoms with van der Waals surface area (Å²) in [7, 11) is -3.68. The zero-order valence-corrected chi connectivity index (χ0v) is 12.3. The molecule has 0 spiro atoms. The summed E-state index contributed by atoms with van der Waals surface area (Å²) in [6.07, 6.45) is 1.49. The Labute approximate surface area is 120 Å². The number of aryl methyl sites for hydroxylation is 1. The third-order valence-corrected chi connectivity index (χ3v) is 5.04. The van der Waals surface area contributed by atoms with Crippen molar-refractivity contribution in [1.82, 2.24) is 10.3 Å². The fourth-order valence-corrected chi connectivity index (χ4v) is 3.20. The van der Waals surface area contributed by atoms with Gasteiger partial charge in [-0.15, -0.1) is 11.3 Å². The van der Waals surface area contributed by atoms with Gasteiger partial charge in [-0.3, -0.25) is 9.78 Å². The third-order valence-electron chi connectivity index (χ3n) is 2.51. The lowest BCUT2D eigenvalue weighted by Crippen LogP contribution is -2.22. The van der Waals surface area contributed by atoms with E-state index in [2.05, 4.69) is 10.3 Å². The van der Waals surface area contributed by atoms with E-state index >= 15 is 0 Å². The summed E-state index contributed by atoms with van der Waals surface area (Å²) in [6.45, 7) is 2.08. The number of carbonyl (C=O) groups is 1. The second-order valence-corrected chi connectivity index (χ2v) is 7.09. The molecule has 2 aromatic rings. The van der Waals surface area contributed by atoms with Crippen LogP contribution < -0.4 is 10.5 Å². The molecule has 0 atom stereocenters. The lowest BCUT2D eigenvalue weighted by Gasteiger charge is -2.03. The molecule has 0 radical (unpaired) electrons. The molecule has 0 fully saturated rings. The van der Waals surface area contributed by atoms with Crippen LogP contribution >= 0.6 is 11.3 Å². The second-order valence-electron chi connectivity index (χ2n) is 4.14. The summed E-state index contributed by atoms with van der Waals surface area (Å²) in [5.41, 5.74) is 1.29. The Balaban J connectivity index is 2.00. The molecular weight excluding hydrogens is 298 g/mol. The highest BCUT2D eigenvalue weighted by molar-refractivity contribution is 7.91. The predicted molar refractivity (Wildman–Crippen MR) is 75.8 cm³/mol. The van der Waals surface area contributed by atoms with Crippen molar-refractivity contribution in [2.24, 2.45) is 5.14 Å². The minimum atomic E-state index is -3.68. The molecule has 1 amide bonds. The van der Waals surface area contributed by atoms with Gasteiger partial charge in [0, 0.05) is 16.8 Å². The van der Waals surface area contributed by atoms with Crippen molar-refractivity contribution in [3.05, 3.63) is 46.6 Å². The Morgan fingerprint density at radius 2 is 2.10 bits per heavy atom. The van der Waals surface area contributed by atoms with Crippen molar-refractivity contribution in [2.45, 2.75) is 17.7 Å². The number of aromatic nitrogens is 1. The van der Waals surface area contributed by atoms with Crippen molar-refractivity contribution < 1.29 is 13.2 Å². The molecular formula is C12H13N3O3S2. The van der Waals surface area contributed by atoms with E-state index in [4.69, 9.17) is 5.14 Å². The first-order chi connectivity index (χ1) is 9.36. The lowest BCUT2D eigenvalue weighted by molar-refractivity contribution is 0.0951. The van der Waals surface area contributed by atoms with Crippen molar-refractivity contribution in [3.8, 4) is 0 Å². The van der Waals surface area contributed by atoms with Crippen molar-refractivity contribution in [2.75, 3.05) is 0 Å². The normalized spacial score (nSPS) is 11.3. The van der Waals surface area contributed by atoms with E-state index in [0.717, 1.165) is 17.0 Å². The number of amides is 1. The predicted octanol–water partition coefficient (Wildman–Crippen LogP) is 1.03. The topological polar surface area (TPSA) is 102 Å². The minimum Gasteiger partial charge on any atom is -0.347 e. The lowest BCUT2D eigenvalue weighted by atomic mass is 10.2. The van der Waals surface area contributed by atoms with E-state index in [1.807, 2.05) is 6.92 Å². The summed E-state index contributed by atoms with van der Waals surface area (Å²) in [6, 6.07) is 6.48. The van der Waals surface area contributed by atoms with E-state index in [9.17, 15) is 13.2 Å². The van der Waals surface area contributed by atoms with Gasteiger partial charge in [-0.25, -0.2) is 13.6 Å². The Hall–Kier alpha value is -1.77. The standard InChI is InChI=1S/C12H13N3O3S2/c1-8-2-3-9(6-14-8)12(16)15-7-10-4-5-11(19-10)20(13,17)18/h2-6H,7H2,1H3,(H,15,16)(H2,13,17,18). The van der Waals surface area contributed by atoms with Gasteiger partial charge in [0.25, 0.3) is 5.91 Å². The number of primary sulfonamides is 1. The summed E-state index contributed by atoms with van der Waals surface area (Å²) >= 11 is 1.04. The van der Waals surface area contributed by atoms with Crippen molar-refractivity contribution in [1.29, 1.82) is 0 Å². The number of pyridine rings is 1. The molecule has 0 aliphatic heterocycles.